The molecule has 0 spiro atoms. The van der Waals surface area contributed by atoms with Crippen LogP contribution in [0.2, 0.25) is 0 Å². The molecule has 3 nitrogen and oxygen atoms in total. The maximum absolute atomic E-state index is 12.6. The quantitative estimate of drug-likeness (QED) is 0.687. The third kappa shape index (κ3) is 2.11. The Balaban J connectivity index is 2.24. The van der Waals surface area contributed by atoms with Crippen molar-refractivity contribution in [2.45, 2.75) is 15.7 Å². The molecule has 0 saturated carbocycles. The molecule has 3 aromatic rings. The molecule has 20 heavy (non-hydrogen) atoms. The molecule has 0 aliphatic carbocycles. The van der Waals surface area contributed by atoms with Gasteiger partial charge in [0.15, 0.2) is 0 Å². The Labute approximate surface area is 121 Å². The van der Waals surface area contributed by atoms with Gasteiger partial charge in [0.1, 0.15) is 5.58 Å². The van der Waals surface area contributed by atoms with Crippen molar-refractivity contribution in [1.82, 2.24) is 0 Å². The highest BCUT2D eigenvalue weighted by Gasteiger charge is 2.19. The summed E-state index contributed by atoms with van der Waals surface area (Å²) in [6.07, 6.45) is 1.53. The van der Waals surface area contributed by atoms with E-state index in [1.54, 1.807) is 48.5 Å². The molecule has 1 aromatic heterocycles. The monoisotopic (exact) mass is 306 g/mol. The topological polar surface area (TPSA) is 47.3 Å². The predicted octanol–water partition coefficient (Wildman–Crippen LogP) is 4.00. The molecule has 0 saturated heterocycles. The number of halogens is 1. The van der Waals surface area contributed by atoms with Crippen LogP contribution in [-0.2, 0) is 15.7 Å². The predicted molar refractivity (Wildman–Crippen MR) is 77.7 cm³/mol. The van der Waals surface area contributed by atoms with Crippen LogP contribution in [0.25, 0.3) is 11.0 Å². The highest BCUT2D eigenvalue weighted by molar-refractivity contribution is 7.91. The molecule has 0 N–H and O–H groups in total. The van der Waals surface area contributed by atoms with Crippen LogP contribution >= 0.6 is 11.6 Å². The Morgan fingerprint density at radius 3 is 2.45 bits per heavy atom. The van der Waals surface area contributed by atoms with Gasteiger partial charge in [-0.1, -0.05) is 18.2 Å². The van der Waals surface area contributed by atoms with Gasteiger partial charge in [0.2, 0.25) is 9.84 Å². The van der Waals surface area contributed by atoms with Crippen LogP contribution in [0.5, 0.6) is 0 Å². The van der Waals surface area contributed by atoms with Crippen LogP contribution in [0.3, 0.4) is 0 Å². The first-order valence-corrected chi connectivity index (χ1v) is 8.01. The first-order chi connectivity index (χ1) is 9.63. The number of hydrogen-bond donors (Lipinski definition) is 0. The van der Waals surface area contributed by atoms with E-state index in [1.807, 2.05) is 0 Å². The van der Waals surface area contributed by atoms with E-state index in [-0.39, 0.29) is 15.7 Å². The van der Waals surface area contributed by atoms with E-state index in [4.69, 9.17) is 16.0 Å². The molecule has 2 aromatic carbocycles. The number of benzene rings is 2. The van der Waals surface area contributed by atoms with Crippen LogP contribution < -0.4 is 0 Å². The third-order valence-corrected chi connectivity index (χ3v) is 5.15. The number of fused-ring (bicyclic) bond motifs is 1. The van der Waals surface area contributed by atoms with E-state index in [9.17, 15) is 8.42 Å². The van der Waals surface area contributed by atoms with Crippen LogP contribution in [0, 0.1) is 0 Å². The van der Waals surface area contributed by atoms with Crippen molar-refractivity contribution in [3.05, 3.63) is 60.4 Å². The summed E-state index contributed by atoms with van der Waals surface area (Å²) in [5.41, 5.74) is 1.30. The van der Waals surface area contributed by atoms with Gasteiger partial charge in [-0.25, -0.2) is 8.42 Å². The molecule has 0 aliphatic heterocycles. The summed E-state index contributed by atoms with van der Waals surface area (Å²) in [6, 6.07) is 13.2. The minimum absolute atomic E-state index is 0.197. The molecular formula is C15H11ClO3S. The molecule has 1 heterocycles. The lowest BCUT2D eigenvalue weighted by atomic mass is 10.2. The number of alkyl halides is 1. The summed E-state index contributed by atoms with van der Waals surface area (Å²) < 4.78 is 30.5. The van der Waals surface area contributed by atoms with Gasteiger partial charge < -0.3 is 4.42 Å². The Bertz CT molecular complexity index is 851. The fraction of sp³-hybridized carbons (Fsp3) is 0.0667. The largest absolute Gasteiger partial charge is 0.464 e. The zero-order chi connectivity index (χ0) is 14.2. The normalized spacial score (nSPS) is 11.8. The maximum Gasteiger partial charge on any atom is 0.206 e. The minimum Gasteiger partial charge on any atom is -0.464 e. The highest BCUT2D eigenvalue weighted by Crippen LogP contribution is 2.29. The summed E-state index contributed by atoms with van der Waals surface area (Å²) in [6.45, 7) is 0. The van der Waals surface area contributed by atoms with E-state index < -0.39 is 9.84 Å². The standard InChI is InChI=1S/C15H11ClO3S/c16-10-12-9-14(8-11-6-7-19-15(11)12)20(17,18)13-4-2-1-3-5-13/h1-9H,10H2. The van der Waals surface area contributed by atoms with Crippen LogP contribution in [0.4, 0.5) is 0 Å². The summed E-state index contributed by atoms with van der Waals surface area (Å²) in [5.74, 6) is 0.197. The van der Waals surface area contributed by atoms with Gasteiger partial charge in [0.25, 0.3) is 0 Å². The van der Waals surface area contributed by atoms with Crippen molar-refractivity contribution in [2.24, 2.45) is 0 Å². The van der Waals surface area contributed by atoms with Crippen molar-refractivity contribution in [2.75, 3.05) is 0 Å². The second-order valence-corrected chi connectivity index (χ2v) is 6.59. The number of sulfone groups is 1. The Morgan fingerprint density at radius 2 is 1.75 bits per heavy atom. The molecule has 0 radical (unpaired) electrons. The molecular weight excluding hydrogens is 296 g/mol. The van der Waals surface area contributed by atoms with Crippen molar-refractivity contribution < 1.29 is 12.8 Å². The first-order valence-electron chi connectivity index (χ1n) is 5.99. The maximum atomic E-state index is 12.6. The lowest BCUT2D eigenvalue weighted by Gasteiger charge is -2.06. The highest BCUT2D eigenvalue weighted by atomic mass is 35.5. The molecule has 5 heteroatoms. The molecule has 0 aliphatic rings. The third-order valence-electron chi connectivity index (χ3n) is 3.11. The molecule has 0 fully saturated rings. The Kier molecular flexibility index (Phi) is 3.28. The SMILES string of the molecule is O=S(=O)(c1ccccc1)c1cc(CCl)c2occc2c1. The summed E-state index contributed by atoms with van der Waals surface area (Å²) in [5, 5.41) is 0.734. The molecule has 3 rings (SSSR count). The van der Waals surface area contributed by atoms with Gasteiger partial charge in [-0.3, -0.25) is 0 Å². The van der Waals surface area contributed by atoms with Crippen molar-refractivity contribution >= 4 is 32.4 Å². The van der Waals surface area contributed by atoms with Crippen molar-refractivity contribution in [3.63, 3.8) is 0 Å². The van der Waals surface area contributed by atoms with Crippen LogP contribution in [0.1, 0.15) is 5.56 Å². The molecule has 0 amide bonds. The molecule has 102 valence electrons. The van der Waals surface area contributed by atoms with Crippen molar-refractivity contribution in [3.8, 4) is 0 Å². The molecule has 0 atom stereocenters. The Hall–Kier alpha value is -1.78. The second kappa shape index (κ2) is 4.96. The second-order valence-electron chi connectivity index (χ2n) is 4.37. The average Bonchev–Trinajstić information content (AvgIpc) is 2.95. The molecule has 0 bridgehead atoms. The van der Waals surface area contributed by atoms with Gasteiger partial charge in [0.05, 0.1) is 21.9 Å². The smallest absolute Gasteiger partial charge is 0.206 e. The van der Waals surface area contributed by atoms with Crippen molar-refractivity contribution in [1.29, 1.82) is 0 Å². The fourth-order valence-electron chi connectivity index (χ4n) is 2.12. The summed E-state index contributed by atoms with van der Waals surface area (Å²) in [7, 11) is -3.54. The van der Waals surface area contributed by atoms with E-state index in [2.05, 4.69) is 0 Å². The van der Waals surface area contributed by atoms with Gasteiger partial charge in [0, 0.05) is 10.9 Å². The number of furan rings is 1. The van der Waals surface area contributed by atoms with E-state index in [0.717, 1.165) is 5.39 Å². The Morgan fingerprint density at radius 1 is 1.00 bits per heavy atom. The van der Waals surface area contributed by atoms with E-state index in [1.165, 1.54) is 6.26 Å². The van der Waals surface area contributed by atoms with Gasteiger partial charge in [-0.15, -0.1) is 11.6 Å². The zero-order valence-corrected chi connectivity index (χ0v) is 12.0. The average molecular weight is 307 g/mol. The lowest BCUT2D eigenvalue weighted by molar-refractivity contribution is 0.595. The summed E-state index contributed by atoms with van der Waals surface area (Å²) >= 11 is 5.88. The number of rotatable bonds is 3. The lowest BCUT2D eigenvalue weighted by Crippen LogP contribution is -2.02. The first kappa shape index (κ1) is 13.2. The van der Waals surface area contributed by atoms with Gasteiger partial charge in [-0.2, -0.15) is 0 Å². The zero-order valence-electron chi connectivity index (χ0n) is 10.4. The number of hydrogen-bond acceptors (Lipinski definition) is 3. The van der Waals surface area contributed by atoms with Gasteiger partial charge >= 0.3 is 0 Å². The minimum atomic E-state index is -3.54. The van der Waals surface area contributed by atoms with Crippen LogP contribution in [0.15, 0.2) is 69.0 Å². The van der Waals surface area contributed by atoms with E-state index >= 15 is 0 Å². The molecule has 0 unspecified atom stereocenters. The summed E-state index contributed by atoms with van der Waals surface area (Å²) in [4.78, 5) is 0.497. The van der Waals surface area contributed by atoms with E-state index in [0.29, 0.717) is 11.1 Å². The van der Waals surface area contributed by atoms with Gasteiger partial charge in [-0.05, 0) is 30.3 Å². The van der Waals surface area contributed by atoms with Crippen LogP contribution in [-0.4, -0.2) is 8.42 Å². The fourth-order valence-corrected chi connectivity index (χ4v) is 3.68.